The lowest BCUT2D eigenvalue weighted by atomic mass is 10.0. The zero-order chi connectivity index (χ0) is 14.6. The second kappa shape index (κ2) is 6.23. The maximum Gasteiger partial charge on any atom is 0.407 e. The van der Waals surface area contributed by atoms with E-state index in [0.29, 0.717) is 13.1 Å². The lowest BCUT2D eigenvalue weighted by molar-refractivity contribution is -0.133. The molecule has 0 spiro atoms. The maximum absolute atomic E-state index is 11.7. The van der Waals surface area contributed by atoms with E-state index in [2.05, 4.69) is 5.32 Å². The fraction of sp³-hybridized carbons (Fsp3) is 0.846. The molecule has 0 bridgehead atoms. The topological polar surface area (TPSA) is 84.7 Å². The molecular weight excluding hydrogens is 246 g/mol. The maximum atomic E-state index is 11.7. The van der Waals surface area contributed by atoms with Crippen molar-refractivity contribution in [3.8, 4) is 0 Å². The Kier molecular flexibility index (Phi) is 5.17. The van der Waals surface area contributed by atoms with Crippen LogP contribution in [0.1, 0.15) is 40.5 Å². The molecule has 1 heterocycles. The zero-order valence-electron chi connectivity index (χ0n) is 12.2. The normalized spacial score (nSPS) is 18.9. The van der Waals surface area contributed by atoms with E-state index in [1.807, 2.05) is 20.8 Å². The minimum atomic E-state index is -0.490. The second-order valence-corrected chi connectivity index (χ2v) is 6.03. The Balaban J connectivity index is 2.34. The lowest BCUT2D eigenvalue weighted by Crippen LogP contribution is -2.50. The number of nitrogens with two attached hydrogens (primary N) is 1. The van der Waals surface area contributed by atoms with Gasteiger partial charge in [0, 0.05) is 19.1 Å². The molecule has 1 aliphatic heterocycles. The van der Waals surface area contributed by atoms with Crippen LogP contribution in [0.25, 0.3) is 0 Å². The summed E-state index contributed by atoms with van der Waals surface area (Å²) in [6, 6.07) is -0.401. The number of hydrogen-bond acceptors (Lipinski definition) is 4. The average Bonchev–Trinajstić information content (AvgIpc) is 2.26. The molecule has 0 saturated carbocycles. The number of piperidine rings is 1. The van der Waals surface area contributed by atoms with Crippen LogP contribution >= 0.6 is 0 Å². The number of nitrogens with one attached hydrogen (secondary N) is 1. The Bertz CT molecular complexity index is 329. The molecule has 0 aromatic heterocycles. The quantitative estimate of drug-likeness (QED) is 0.779. The van der Waals surface area contributed by atoms with Crippen LogP contribution in [0.4, 0.5) is 4.79 Å². The first-order valence-electron chi connectivity index (χ1n) is 6.73. The van der Waals surface area contributed by atoms with Crippen molar-refractivity contribution in [1.82, 2.24) is 10.2 Å². The summed E-state index contributed by atoms with van der Waals surface area (Å²) in [6.45, 7) is 8.43. The van der Waals surface area contributed by atoms with Gasteiger partial charge in [-0.3, -0.25) is 4.79 Å². The van der Waals surface area contributed by atoms with E-state index in [9.17, 15) is 9.59 Å². The molecule has 1 fully saturated rings. The number of ether oxygens (including phenoxy) is 1. The second-order valence-electron chi connectivity index (χ2n) is 6.03. The number of alkyl carbamates (subject to hydrolysis) is 1. The highest BCUT2D eigenvalue weighted by atomic mass is 16.6. The van der Waals surface area contributed by atoms with Crippen molar-refractivity contribution in [3.05, 3.63) is 0 Å². The Hall–Kier alpha value is -1.30. The van der Waals surface area contributed by atoms with Crippen LogP contribution in [0.15, 0.2) is 0 Å². The van der Waals surface area contributed by atoms with Crippen molar-refractivity contribution in [3.63, 3.8) is 0 Å². The smallest absolute Gasteiger partial charge is 0.407 e. The minimum absolute atomic E-state index is 0.0317. The van der Waals surface area contributed by atoms with Crippen molar-refractivity contribution in [2.45, 2.75) is 58.2 Å². The SMILES string of the molecule is CC(N)C(=O)N1CCC(NC(=O)OC(C)(C)C)CC1. The predicted molar refractivity (Wildman–Crippen MR) is 72.6 cm³/mol. The summed E-state index contributed by atoms with van der Waals surface area (Å²) >= 11 is 0. The molecule has 0 aliphatic carbocycles. The number of amides is 2. The number of carbonyl (C=O) groups is 2. The molecule has 0 aromatic rings. The van der Waals surface area contributed by atoms with Gasteiger partial charge in [-0.2, -0.15) is 0 Å². The van der Waals surface area contributed by atoms with Gasteiger partial charge in [0.1, 0.15) is 5.60 Å². The number of rotatable bonds is 2. The van der Waals surface area contributed by atoms with E-state index < -0.39 is 17.7 Å². The summed E-state index contributed by atoms with van der Waals surface area (Å²) in [5, 5.41) is 2.83. The van der Waals surface area contributed by atoms with Gasteiger partial charge in [0.25, 0.3) is 0 Å². The van der Waals surface area contributed by atoms with Crippen LogP contribution in [0, 0.1) is 0 Å². The Morgan fingerprint density at radius 3 is 2.26 bits per heavy atom. The minimum Gasteiger partial charge on any atom is -0.444 e. The van der Waals surface area contributed by atoms with E-state index >= 15 is 0 Å². The number of carbonyl (C=O) groups excluding carboxylic acids is 2. The van der Waals surface area contributed by atoms with Gasteiger partial charge in [-0.25, -0.2) is 4.79 Å². The largest absolute Gasteiger partial charge is 0.444 e. The average molecular weight is 271 g/mol. The van der Waals surface area contributed by atoms with Crippen LogP contribution in [-0.2, 0) is 9.53 Å². The lowest BCUT2D eigenvalue weighted by Gasteiger charge is -2.33. The molecule has 19 heavy (non-hydrogen) atoms. The number of hydrogen-bond donors (Lipinski definition) is 2. The molecule has 0 radical (unpaired) electrons. The Morgan fingerprint density at radius 2 is 1.84 bits per heavy atom. The number of nitrogens with zero attached hydrogens (tertiary/aromatic N) is 1. The fourth-order valence-corrected chi connectivity index (χ4v) is 2.01. The van der Waals surface area contributed by atoms with E-state index in [1.54, 1.807) is 11.8 Å². The van der Waals surface area contributed by atoms with Gasteiger partial charge in [-0.05, 0) is 40.5 Å². The van der Waals surface area contributed by atoms with Crippen molar-refractivity contribution in [2.75, 3.05) is 13.1 Å². The van der Waals surface area contributed by atoms with Gasteiger partial charge in [0.2, 0.25) is 5.91 Å². The van der Waals surface area contributed by atoms with Gasteiger partial charge in [0.05, 0.1) is 6.04 Å². The molecule has 0 aromatic carbocycles. The van der Waals surface area contributed by atoms with Crippen molar-refractivity contribution in [1.29, 1.82) is 0 Å². The highest BCUT2D eigenvalue weighted by Crippen LogP contribution is 2.13. The van der Waals surface area contributed by atoms with E-state index in [-0.39, 0.29) is 11.9 Å². The third kappa shape index (κ3) is 5.46. The molecule has 6 heteroatoms. The van der Waals surface area contributed by atoms with Gasteiger partial charge in [0.15, 0.2) is 0 Å². The van der Waals surface area contributed by atoms with E-state index in [4.69, 9.17) is 10.5 Å². The van der Waals surface area contributed by atoms with E-state index in [0.717, 1.165) is 12.8 Å². The highest BCUT2D eigenvalue weighted by Gasteiger charge is 2.26. The fourth-order valence-electron chi connectivity index (χ4n) is 2.01. The van der Waals surface area contributed by atoms with Crippen LogP contribution < -0.4 is 11.1 Å². The third-order valence-corrected chi connectivity index (χ3v) is 2.92. The molecule has 1 aliphatic rings. The molecule has 1 saturated heterocycles. The Morgan fingerprint density at radius 1 is 1.32 bits per heavy atom. The van der Waals surface area contributed by atoms with Gasteiger partial charge in [-0.15, -0.1) is 0 Å². The zero-order valence-corrected chi connectivity index (χ0v) is 12.2. The molecule has 6 nitrogen and oxygen atoms in total. The molecule has 1 atom stereocenters. The molecule has 3 N–H and O–H groups in total. The summed E-state index contributed by atoms with van der Waals surface area (Å²) in [5.41, 5.74) is 5.08. The van der Waals surface area contributed by atoms with E-state index in [1.165, 1.54) is 0 Å². The summed E-state index contributed by atoms with van der Waals surface area (Å²) < 4.78 is 5.20. The van der Waals surface area contributed by atoms with Crippen molar-refractivity contribution >= 4 is 12.0 Å². The molecule has 110 valence electrons. The van der Waals surface area contributed by atoms with Crippen LogP contribution in [0.5, 0.6) is 0 Å². The molecule has 1 rings (SSSR count). The first kappa shape index (κ1) is 15.8. The molecule has 1 unspecified atom stereocenters. The predicted octanol–water partition coefficient (Wildman–Crippen LogP) is 0.849. The van der Waals surface area contributed by atoms with Crippen molar-refractivity contribution < 1.29 is 14.3 Å². The summed E-state index contributed by atoms with van der Waals surface area (Å²) in [5.74, 6) is -0.0317. The highest BCUT2D eigenvalue weighted by molar-refractivity contribution is 5.81. The third-order valence-electron chi connectivity index (χ3n) is 2.92. The summed E-state index contributed by atoms with van der Waals surface area (Å²) in [6.07, 6.45) is 1.07. The van der Waals surface area contributed by atoms with Crippen molar-refractivity contribution in [2.24, 2.45) is 5.73 Å². The van der Waals surface area contributed by atoms with Gasteiger partial charge >= 0.3 is 6.09 Å². The Labute approximate surface area is 114 Å². The molecule has 2 amide bonds. The van der Waals surface area contributed by atoms with Gasteiger partial charge in [-0.1, -0.05) is 0 Å². The van der Waals surface area contributed by atoms with Gasteiger partial charge < -0.3 is 20.7 Å². The van der Waals surface area contributed by atoms with Crippen LogP contribution in [0.3, 0.4) is 0 Å². The standard InChI is InChI=1S/C13H25N3O3/c1-9(14)11(17)16-7-5-10(6-8-16)15-12(18)19-13(2,3)4/h9-10H,5-8,14H2,1-4H3,(H,15,18). The number of likely N-dealkylation sites (tertiary alicyclic amines) is 1. The van der Waals surface area contributed by atoms with Crippen LogP contribution in [0.2, 0.25) is 0 Å². The first-order valence-corrected chi connectivity index (χ1v) is 6.73. The monoisotopic (exact) mass is 271 g/mol. The summed E-state index contributed by atoms with van der Waals surface area (Å²) in [4.78, 5) is 25.1. The summed E-state index contributed by atoms with van der Waals surface area (Å²) in [7, 11) is 0. The molecular formula is C13H25N3O3. The first-order chi connectivity index (χ1) is 8.69. The van der Waals surface area contributed by atoms with Crippen LogP contribution in [-0.4, -0.2) is 47.7 Å².